The summed E-state index contributed by atoms with van der Waals surface area (Å²) in [7, 11) is 0. The van der Waals surface area contributed by atoms with Crippen LogP contribution in [0.4, 0.5) is 0 Å². The van der Waals surface area contributed by atoms with Gasteiger partial charge in [0.1, 0.15) is 0 Å². The number of alkyl halides is 1. The molecule has 0 saturated carbocycles. The van der Waals surface area contributed by atoms with Gasteiger partial charge in [-0.25, -0.2) is 0 Å². The van der Waals surface area contributed by atoms with Crippen LogP contribution >= 0.6 is 27.5 Å². The second-order valence-electron chi connectivity index (χ2n) is 5.63. The van der Waals surface area contributed by atoms with Crippen molar-refractivity contribution in [1.29, 1.82) is 0 Å². The first kappa shape index (κ1) is 17.4. The molecule has 0 aliphatic heterocycles. The van der Waals surface area contributed by atoms with Crippen LogP contribution in [-0.4, -0.2) is 11.5 Å². The zero-order valence-corrected chi connectivity index (χ0v) is 15.3. The second kappa shape index (κ2) is 8.60. The molecule has 22 heavy (non-hydrogen) atoms. The molecule has 0 spiro atoms. The van der Waals surface area contributed by atoms with E-state index in [-0.39, 0.29) is 6.71 Å². The van der Waals surface area contributed by atoms with Gasteiger partial charge in [-0.15, -0.1) is 6.58 Å². The summed E-state index contributed by atoms with van der Waals surface area (Å²) in [5.74, 6) is 0. The quantitative estimate of drug-likeness (QED) is 0.369. The summed E-state index contributed by atoms with van der Waals surface area (Å²) in [4.78, 5) is 0.505. The van der Waals surface area contributed by atoms with Crippen molar-refractivity contribution in [3.05, 3.63) is 71.8 Å². The summed E-state index contributed by atoms with van der Waals surface area (Å²) >= 11 is 10.3. The first-order valence-electron chi connectivity index (χ1n) is 7.70. The molecule has 0 bridgehead atoms. The van der Waals surface area contributed by atoms with Gasteiger partial charge in [0.15, 0.2) is 0 Å². The predicted octanol–water partition coefficient (Wildman–Crippen LogP) is 4.85. The average Bonchev–Trinajstić information content (AvgIpc) is 2.53. The number of hydrogen-bond donors (Lipinski definition) is 0. The monoisotopic (exact) mass is 374 g/mol. The van der Waals surface area contributed by atoms with Crippen LogP contribution < -0.4 is 10.9 Å². The molecule has 0 radical (unpaired) electrons. The van der Waals surface area contributed by atoms with E-state index in [1.807, 2.05) is 12.1 Å². The largest absolute Gasteiger partial charge is 0.214 e. The maximum atomic E-state index is 6.72. The SMILES string of the molecule is C=CCB(c1ccccc1)c1cccc(CCC(C)Br)c1Cl. The summed E-state index contributed by atoms with van der Waals surface area (Å²) < 4.78 is 0. The fourth-order valence-electron chi connectivity index (χ4n) is 2.71. The van der Waals surface area contributed by atoms with Crippen LogP contribution in [0.1, 0.15) is 18.9 Å². The van der Waals surface area contributed by atoms with Gasteiger partial charge in [0.05, 0.1) is 0 Å². The third-order valence-electron chi connectivity index (χ3n) is 3.90. The van der Waals surface area contributed by atoms with E-state index >= 15 is 0 Å². The Morgan fingerprint density at radius 3 is 2.55 bits per heavy atom. The highest BCUT2D eigenvalue weighted by Gasteiger charge is 2.21. The van der Waals surface area contributed by atoms with Gasteiger partial charge in [-0.1, -0.05) is 100.0 Å². The molecule has 0 aromatic heterocycles. The van der Waals surface area contributed by atoms with Crippen molar-refractivity contribution in [2.24, 2.45) is 0 Å². The summed E-state index contributed by atoms with van der Waals surface area (Å²) in [6, 6.07) is 16.9. The van der Waals surface area contributed by atoms with E-state index in [0.29, 0.717) is 4.83 Å². The molecule has 1 unspecified atom stereocenters. The molecule has 114 valence electrons. The van der Waals surface area contributed by atoms with Crippen molar-refractivity contribution in [3.8, 4) is 0 Å². The molecule has 0 fully saturated rings. The molecular weight excluding hydrogens is 354 g/mol. The van der Waals surface area contributed by atoms with E-state index in [9.17, 15) is 0 Å². The molecule has 1 atom stereocenters. The van der Waals surface area contributed by atoms with Gasteiger partial charge in [0.25, 0.3) is 0 Å². The van der Waals surface area contributed by atoms with E-state index in [4.69, 9.17) is 11.6 Å². The Bertz CT molecular complexity index is 610. The predicted molar refractivity (Wildman–Crippen MR) is 105 cm³/mol. The summed E-state index contributed by atoms with van der Waals surface area (Å²) in [5, 5.41) is 0.909. The van der Waals surface area contributed by atoms with Gasteiger partial charge in [-0.3, -0.25) is 0 Å². The van der Waals surface area contributed by atoms with Gasteiger partial charge in [0.2, 0.25) is 6.71 Å². The normalized spacial score (nSPS) is 12.0. The van der Waals surface area contributed by atoms with Crippen molar-refractivity contribution in [2.75, 3.05) is 0 Å². The Labute approximate surface area is 147 Å². The molecule has 0 aliphatic rings. The van der Waals surface area contributed by atoms with E-state index in [1.165, 1.54) is 16.5 Å². The zero-order chi connectivity index (χ0) is 15.9. The van der Waals surface area contributed by atoms with Crippen LogP contribution in [0.25, 0.3) is 0 Å². The molecule has 0 saturated heterocycles. The Hall–Kier alpha value is -0.985. The minimum Gasteiger partial charge on any atom is -0.104 e. The van der Waals surface area contributed by atoms with Gasteiger partial charge in [-0.2, -0.15) is 0 Å². The number of halogens is 2. The minimum atomic E-state index is 0.271. The van der Waals surface area contributed by atoms with Crippen molar-refractivity contribution in [2.45, 2.75) is 30.9 Å². The van der Waals surface area contributed by atoms with Crippen LogP contribution in [0.5, 0.6) is 0 Å². The fraction of sp³-hybridized carbons (Fsp3) is 0.263. The van der Waals surface area contributed by atoms with Crippen molar-refractivity contribution >= 4 is 45.2 Å². The molecule has 0 nitrogen and oxygen atoms in total. The number of rotatable bonds is 7. The summed E-state index contributed by atoms with van der Waals surface area (Å²) in [6.07, 6.45) is 4.94. The van der Waals surface area contributed by atoms with Crippen molar-refractivity contribution in [1.82, 2.24) is 0 Å². The van der Waals surface area contributed by atoms with Crippen molar-refractivity contribution in [3.63, 3.8) is 0 Å². The van der Waals surface area contributed by atoms with Crippen LogP contribution in [-0.2, 0) is 6.42 Å². The second-order valence-corrected chi connectivity index (χ2v) is 7.57. The fourth-order valence-corrected chi connectivity index (χ4v) is 3.29. The van der Waals surface area contributed by atoms with Crippen LogP contribution in [0, 0.1) is 0 Å². The number of benzene rings is 2. The molecule has 2 aromatic carbocycles. The molecular formula is C19H21BBrCl. The Kier molecular flexibility index (Phi) is 6.79. The maximum Gasteiger partial charge on any atom is 0.214 e. The number of allylic oxidation sites excluding steroid dienone is 1. The lowest BCUT2D eigenvalue weighted by Gasteiger charge is -2.17. The molecule has 2 aromatic rings. The van der Waals surface area contributed by atoms with Crippen LogP contribution in [0.15, 0.2) is 61.2 Å². The Morgan fingerprint density at radius 1 is 1.18 bits per heavy atom. The Balaban J connectivity index is 2.36. The third kappa shape index (κ3) is 4.50. The van der Waals surface area contributed by atoms with Crippen LogP contribution in [0.2, 0.25) is 11.3 Å². The van der Waals surface area contributed by atoms with E-state index in [0.717, 1.165) is 24.2 Å². The Morgan fingerprint density at radius 2 is 1.91 bits per heavy atom. The van der Waals surface area contributed by atoms with Crippen molar-refractivity contribution < 1.29 is 0 Å². The van der Waals surface area contributed by atoms with Gasteiger partial charge in [0, 0.05) is 9.85 Å². The highest BCUT2D eigenvalue weighted by atomic mass is 79.9. The molecule has 0 amide bonds. The lowest BCUT2D eigenvalue weighted by atomic mass is 9.38. The summed E-state index contributed by atoms with van der Waals surface area (Å²) in [6.45, 7) is 6.35. The molecule has 0 heterocycles. The first-order chi connectivity index (χ1) is 10.6. The molecule has 3 heteroatoms. The first-order valence-corrected chi connectivity index (χ1v) is 9.00. The zero-order valence-electron chi connectivity index (χ0n) is 12.9. The highest BCUT2D eigenvalue weighted by molar-refractivity contribution is 9.09. The van der Waals surface area contributed by atoms with Crippen LogP contribution in [0.3, 0.4) is 0 Å². The third-order valence-corrected chi connectivity index (χ3v) is 4.82. The van der Waals surface area contributed by atoms with E-state index in [1.54, 1.807) is 0 Å². The summed E-state index contributed by atoms with van der Waals surface area (Å²) in [5.41, 5.74) is 3.72. The molecule has 0 aliphatic carbocycles. The van der Waals surface area contributed by atoms with Gasteiger partial charge in [-0.05, 0) is 24.7 Å². The lowest BCUT2D eigenvalue weighted by molar-refractivity contribution is 0.823. The number of hydrogen-bond acceptors (Lipinski definition) is 0. The van der Waals surface area contributed by atoms with E-state index in [2.05, 4.69) is 71.9 Å². The number of aryl methyl sites for hydroxylation is 1. The highest BCUT2D eigenvalue weighted by Crippen LogP contribution is 2.19. The van der Waals surface area contributed by atoms with Gasteiger partial charge < -0.3 is 0 Å². The smallest absolute Gasteiger partial charge is 0.104 e. The van der Waals surface area contributed by atoms with E-state index < -0.39 is 0 Å². The maximum absolute atomic E-state index is 6.72. The minimum absolute atomic E-state index is 0.271. The molecule has 2 rings (SSSR count). The lowest BCUT2D eigenvalue weighted by Crippen LogP contribution is -2.42. The standard InChI is InChI=1S/C19H21BBrCl/c1-3-14-20(17-9-5-4-6-10-17)18-11-7-8-16(19(18)22)13-12-15(2)21/h3-11,15H,1,12-14H2,2H3. The molecule has 0 N–H and O–H groups in total. The topological polar surface area (TPSA) is 0 Å². The van der Waals surface area contributed by atoms with Gasteiger partial charge >= 0.3 is 0 Å². The average molecular weight is 376 g/mol.